The van der Waals surface area contributed by atoms with Crippen molar-refractivity contribution in [3.05, 3.63) is 22.3 Å². The van der Waals surface area contributed by atoms with Crippen LogP contribution in [0.2, 0.25) is 0 Å². The molecular formula is C13H16BrN3O2. The van der Waals surface area contributed by atoms with E-state index in [9.17, 15) is 0 Å². The second kappa shape index (κ2) is 5.36. The van der Waals surface area contributed by atoms with Gasteiger partial charge in [0.15, 0.2) is 5.84 Å². The first-order valence-corrected chi connectivity index (χ1v) is 7.24. The molecule has 1 aromatic rings. The van der Waals surface area contributed by atoms with Gasteiger partial charge in [-0.1, -0.05) is 11.6 Å². The molecule has 1 aliphatic heterocycles. The zero-order chi connectivity index (χ0) is 13.2. The molecule has 0 amide bonds. The van der Waals surface area contributed by atoms with E-state index in [2.05, 4.69) is 31.4 Å². The van der Waals surface area contributed by atoms with Gasteiger partial charge >= 0.3 is 0 Å². The van der Waals surface area contributed by atoms with Crippen LogP contribution in [0.4, 0.5) is 0 Å². The highest BCUT2D eigenvalue weighted by Gasteiger charge is 2.31. The third-order valence-electron chi connectivity index (χ3n) is 3.70. The van der Waals surface area contributed by atoms with E-state index in [0.29, 0.717) is 30.3 Å². The molecule has 1 unspecified atom stereocenters. The van der Waals surface area contributed by atoms with E-state index in [1.54, 1.807) is 7.11 Å². The smallest absolute Gasteiger partial charge is 0.228 e. The number of methoxy groups -OCH3 is 1. The van der Waals surface area contributed by atoms with Crippen molar-refractivity contribution in [2.24, 2.45) is 11.1 Å². The predicted octanol–water partition coefficient (Wildman–Crippen LogP) is 2.30. The summed E-state index contributed by atoms with van der Waals surface area (Å²) in [6.45, 7) is 0.641. The third-order valence-corrected chi connectivity index (χ3v) is 4.30. The van der Waals surface area contributed by atoms with Crippen molar-refractivity contribution in [1.82, 2.24) is 10.3 Å². The van der Waals surface area contributed by atoms with Crippen LogP contribution in [0.15, 0.2) is 21.8 Å². The molecule has 0 radical (unpaired) electrons. The summed E-state index contributed by atoms with van der Waals surface area (Å²) in [5, 5.41) is 7.50. The van der Waals surface area contributed by atoms with Gasteiger partial charge in [-0.2, -0.15) is 0 Å². The molecule has 1 aliphatic carbocycles. The molecule has 0 spiro atoms. The highest BCUT2D eigenvalue weighted by Crippen LogP contribution is 2.31. The maximum absolute atomic E-state index is 5.34. The van der Waals surface area contributed by atoms with Crippen molar-refractivity contribution in [3.63, 3.8) is 0 Å². The van der Waals surface area contributed by atoms with E-state index in [-0.39, 0.29) is 0 Å². The Labute approximate surface area is 120 Å². The minimum absolute atomic E-state index is 0.345. The van der Waals surface area contributed by atoms with Crippen LogP contribution in [0, 0.1) is 5.92 Å². The van der Waals surface area contributed by atoms with Gasteiger partial charge in [-0.15, -0.1) is 0 Å². The quantitative estimate of drug-likeness (QED) is 0.926. The van der Waals surface area contributed by atoms with Crippen molar-refractivity contribution in [2.75, 3.05) is 13.7 Å². The molecule has 0 aromatic carbocycles. The van der Waals surface area contributed by atoms with Gasteiger partial charge in [-0.3, -0.25) is 0 Å². The molecule has 6 heteroatoms. The van der Waals surface area contributed by atoms with Gasteiger partial charge in [0, 0.05) is 0 Å². The maximum atomic E-state index is 5.34. The summed E-state index contributed by atoms with van der Waals surface area (Å²) in [5.74, 6) is 1.93. The second-order valence-electron chi connectivity index (χ2n) is 4.87. The molecular weight excluding hydrogens is 310 g/mol. The Kier molecular flexibility index (Phi) is 3.59. The molecule has 1 fully saturated rings. The summed E-state index contributed by atoms with van der Waals surface area (Å²) in [6.07, 6.45) is 3.86. The van der Waals surface area contributed by atoms with Crippen LogP contribution in [0.25, 0.3) is 0 Å². The summed E-state index contributed by atoms with van der Waals surface area (Å²) >= 11 is 3.39. The zero-order valence-electron chi connectivity index (χ0n) is 10.7. The normalized spacial score (nSPS) is 22.8. The average Bonchev–Trinajstić information content (AvgIpc) is 2.38. The molecule has 3 rings (SSSR count). The Morgan fingerprint density at radius 2 is 2.26 bits per heavy atom. The molecule has 0 saturated heterocycles. The van der Waals surface area contributed by atoms with Crippen LogP contribution in [-0.2, 0) is 4.84 Å². The summed E-state index contributed by atoms with van der Waals surface area (Å²) < 4.78 is 6.03. The third kappa shape index (κ3) is 2.54. The fourth-order valence-electron chi connectivity index (χ4n) is 2.34. The second-order valence-corrected chi connectivity index (χ2v) is 5.72. The van der Waals surface area contributed by atoms with Crippen LogP contribution >= 0.6 is 15.9 Å². The summed E-state index contributed by atoms with van der Waals surface area (Å²) in [7, 11) is 1.60. The fraction of sp³-hybridized carbons (Fsp3) is 0.538. The lowest BCUT2D eigenvalue weighted by molar-refractivity contribution is 0.0713. The summed E-state index contributed by atoms with van der Waals surface area (Å²) in [6, 6.07) is 4.14. The van der Waals surface area contributed by atoms with E-state index in [1.165, 1.54) is 19.3 Å². The predicted molar refractivity (Wildman–Crippen MR) is 75.2 cm³/mol. The number of nitrogens with one attached hydrogen (secondary N) is 1. The van der Waals surface area contributed by atoms with E-state index >= 15 is 0 Å². The van der Waals surface area contributed by atoms with Crippen LogP contribution in [0.5, 0.6) is 5.88 Å². The highest BCUT2D eigenvalue weighted by molar-refractivity contribution is 9.10. The van der Waals surface area contributed by atoms with Crippen LogP contribution in [0.1, 0.15) is 25.0 Å². The lowest BCUT2D eigenvalue weighted by Crippen LogP contribution is -2.48. The summed E-state index contributed by atoms with van der Waals surface area (Å²) in [5.41, 5.74) is 0.740. The van der Waals surface area contributed by atoms with Gasteiger partial charge in [-0.05, 0) is 46.8 Å². The summed E-state index contributed by atoms with van der Waals surface area (Å²) in [4.78, 5) is 9.75. The van der Waals surface area contributed by atoms with Gasteiger partial charge in [0.2, 0.25) is 5.88 Å². The SMILES string of the molecule is COc1nc(C2=NOCC(C3CCC3)N2)ccc1Br. The number of oxime groups is 1. The maximum Gasteiger partial charge on any atom is 0.228 e. The topological polar surface area (TPSA) is 55.7 Å². The first-order valence-electron chi connectivity index (χ1n) is 6.45. The highest BCUT2D eigenvalue weighted by atomic mass is 79.9. The Balaban J connectivity index is 1.79. The molecule has 1 aromatic heterocycles. The monoisotopic (exact) mass is 325 g/mol. The number of halogens is 1. The number of hydrogen-bond donors (Lipinski definition) is 1. The Bertz CT molecular complexity index is 503. The zero-order valence-corrected chi connectivity index (χ0v) is 12.3. The lowest BCUT2D eigenvalue weighted by Gasteiger charge is -2.35. The Hall–Kier alpha value is -1.30. The first kappa shape index (κ1) is 12.7. The van der Waals surface area contributed by atoms with Gasteiger partial charge in [0.1, 0.15) is 12.3 Å². The van der Waals surface area contributed by atoms with E-state index in [4.69, 9.17) is 9.57 Å². The molecule has 2 aliphatic rings. The van der Waals surface area contributed by atoms with E-state index in [0.717, 1.165) is 10.2 Å². The van der Waals surface area contributed by atoms with Crippen molar-refractivity contribution in [1.29, 1.82) is 0 Å². The molecule has 19 heavy (non-hydrogen) atoms. The van der Waals surface area contributed by atoms with Crippen molar-refractivity contribution < 1.29 is 9.57 Å². The lowest BCUT2D eigenvalue weighted by atomic mass is 9.80. The van der Waals surface area contributed by atoms with E-state index in [1.807, 2.05) is 12.1 Å². The van der Waals surface area contributed by atoms with Gasteiger partial charge < -0.3 is 14.9 Å². The largest absolute Gasteiger partial charge is 0.480 e. The molecule has 102 valence electrons. The van der Waals surface area contributed by atoms with Gasteiger partial charge in [-0.25, -0.2) is 4.98 Å². The Morgan fingerprint density at radius 3 is 2.95 bits per heavy atom. The minimum Gasteiger partial charge on any atom is -0.480 e. The minimum atomic E-state index is 0.345. The number of nitrogens with zero attached hydrogens (tertiary/aromatic N) is 2. The molecule has 1 saturated carbocycles. The van der Waals surface area contributed by atoms with Crippen LogP contribution in [-0.4, -0.2) is 30.6 Å². The molecule has 1 N–H and O–H groups in total. The number of hydrogen-bond acceptors (Lipinski definition) is 5. The van der Waals surface area contributed by atoms with Gasteiger partial charge in [0.25, 0.3) is 0 Å². The van der Waals surface area contributed by atoms with Gasteiger partial charge in [0.05, 0.1) is 17.6 Å². The number of amidine groups is 1. The standard InChI is InChI=1S/C13H16BrN3O2/c1-18-13-9(14)5-6-10(16-13)12-15-11(7-19-17-12)8-3-2-4-8/h5-6,8,11H,2-4,7H2,1H3,(H,15,17). The van der Waals surface area contributed by atoms with Crippen molar-refractivity contribution in [3.8, 4) is 5.88 Å². The Morgan fingerprint density at radius 1 is 1.42 bits per heavy atom. The average molecular weight is 326 g/mol. The van der Waals surface area contributed by atoms with Crippen molar-refractivity contribution >= 4 is 21.8 Å². The molecule has 5 nitrogen and oxygen atoms in total. The molecule has 1 atom stereocenters. The number of aromatic nitrogens is 1. The van der Waals surface area contributed by atoms with Crippen LogP contribution < -0.4 is 10.1 Å². The number of pyridine rings is 1. The first-order chi connectivity index (χ1) is 9.28. The number of rotatable bonds is 3. The fourth-order valence-corrected chi connectivity index (χ4v) is 2.72. The van der Waals surface area contributed by atoms with E-state index < -0.39 is 0 Å². The van der Waals surface area contributed by atoms with Crippen molar-refractivity contribution in [2.45, 2.75) is 25.3 Å². The molecule has 0 bridgehead atoms. The van der Waals surface area contributed by atoms with Crippen LogP contribution in [0.3, 0.4) is 0 Å². The molecule has 2 heterocycles. The number of ether oxygens (including phenoxy) is 1.